The Morgan fingerprint density at radius 3 is 2.59 bits per heavy atom. The molecule has 0 aliphatic heterocycles. The lowest BCUT2D eigenvalue weighted by molar-refractivity contribution is -0.403. The Balaban J connectivity index is 1.50. The lowest BCUT2D eigenvalue weighted by atomic mass is 10.1. The normalized spacial score (nSPS) is 12.2. The van der Waals surface area contributed by atoms with Gasteiger partial charge in [-0.2, -0.15) is 0 Å². The third-order valence-corrected chi connectivity index (χ3v) is 4.57. The number of pyridine rings is 1. The molecule has 0 aliphatic rings. The van der Waals surface area contributed by atoms with Crippen molar-refractivity contribution in [3.8, 4) is 0 Å². The van der Waals surface area contributed by atoms with Crippen LogP contribution in [0.2, 0.25) is 0 Å². The maximum absolute atomic E-state index is 13.4. The molecule has 1 heterocycles. The van der Waals surface area contributed by atoms with Crippen molar-refractivity contribution in [2.75, 3.05) is 23.7 Å². The minimum absolute atomic E-state index is 0.111. The molecule has 32 heavy (non-hydrogen) atoms. The quantitative estimate of drug-likeness (QED) is 0.206. The molecule has 1 atom stereocenters. The summed E-state index contributed by atoms with van der Waals surface area (Å²) in [5, 5.41) is 30.0. The van der Waals surface area contributed by atoms with E-state index in [0.29, 0.717) is 24.5 Å². The number of aliphatic hydroxyl groups is 1. The molecule has 166 valence electrons. The molecule has 2 aromatic carbocycles. The van der Waals surface area contributed by atoms with Gasteiger partial charge in [-0.3, -0.25) is 15.1 Å². The fraction of sp³-hybridized carbons (Fsp3) is 0.174. The first-order chi connectivity index (χ1) is 15.5. The van der Waals surface area contributed by atoms with Crippen LogP contribution in [0.3, 0.4) is 0 Å². The third kappa shape index (κ3) is 7.46. The number of benzene rings is 2. The molecule has 9 heteroatoms. The summed E-state index contributed by atoms with van der Waals surface area (Å²) in [7, 11) is 0. The molecular formula is C23H24FN5O3. The number of anilines is 2. The number of nitro groups is 1. The minimum Gasteiger partial charge on any atom is -0.387 e. The molecule has 4 N–H and O–H groups in total. The summed E-state index contributed by atoms with van der Waals surface area (Å²) < 4.78 is 13.4. The summed E-state index contributed by atoms with van der Waals surface area (Å²) in [4.78, 5) is 14.4. The van der Waals surface area contributed by atoms with Crippen molar-refractivity contribution in [2.24, 2.45) is 0 Å². The van der Waals surface area contributed by atoms with E-state index in [0.717, 1.165) is 23.7 Å². The molecule has 0 unspecified atom stereocenters. The Bertz CT molecular complexity index is 1050. The molecule has 1 aromatic heterocycles. The smallest absolute Gasteiger partial charge is 0.274 e. The van der Waals surface area contributed by atoms with Crippen LogP contribution in [0.25, 0.3) is 0 Å². The second kappa shape index (κ2) is 11.5. The van der Waals surface area contributed by atoms with Gasteiger partial charge in [-0.15, -0.1) is 0 Å². The number of aliphatic hydroxyl groups excluding tert-OH is 1. The van der Waals surface area contributed by atoms with Crippen molar-refractivity contribution in [2.45, 2.75) is 12.5 Å². The largest absolute Gasteiger partial charge is 0.387 e. The van der Waals surface area contributed by atoms with Gasteiger partial charge in [0, 0.05) is 35.9 Å². The van der Waals surface area contributed by atoms with Crippen LogP contribution in [-0.2, 0) is 6.42 Å². The van der Waals surface area contributed by atoms with Crippen LogP contribution in [0, 0.1) is 15.9 Å². The molecular weight excluding hydrogens is 413 g/mol. The van der Waals surface area contributed by atoms with E-state index in [4.69, 9.17) is 0 Å². The van der Waals surface area contributed by atoms with Crippen LogP contribution in [0.15, 0.2) is 85.1 Å². The van der Waals surface area contributed by atoms with Gasteiger partial charge in [-0.1, -0.05) is 24.3 Å². The van der Waals surface area contributed by atoms with E-state index in [1.54, 1.807) is 36.7 Å². The van der Waals surface area contributed by atoms with E-state index in [1.807, 2.05) is 18.2 Å². The molecule has 0 aliphatic carbocycles. The molecule has 0 radical (unpaired) electrons. The molecule has 0 bridgehead atoms. The predicted molar refractivity (Wildman–Crippen MR) is 121 cm³/mol. The van der Waals surface area contributed by atoms with Gasteiger partial charge < -0.3 is 21.1 Å². The molecule has 8 nitrogen and oxygen atoms in total. The topological polar surface area (TPSA) is 112 Å². The lowest BCUT2D eigenvalue weighted by Crippen LogP contribution is -2.23. The number of nitrogens with one attached hydrogen (secondary N) is 3. The highest BCUT2D eigenvalue weighted by Gasteiger charge is 2.07. The van der Waals surface area contributed by atoms with E-state index in [9.17, 15) is 19.6 Å². The second-order valence-electron chi connectivity index (χ2n) is 7.04. The van der Waals surface area contributed by atoms with Crippen molar-refractivity contribution < 1.29 is 14.4 Å². The molecule has 0 saturated heterocycles. The highest BCUT2D eigenvalue weighted by molar-refractivity contribution is 5.56. The van der Waals surface area contributed by atoms with Gasteiger partial charge in [-0.25, -0.2) is 4.39 Å². The Hall–Kier alpha value is -3.82. The van der Waals surface area contributed by atoms with Gasteiger partial charge in [0.15, 0.2) is 5.82 Å². The zero-order chi connectivity index (χ0) is 22.8. The second-order valence-corrected chi connectivity index (χ2v) is 7.04. The van der Waals surface area contributed by atoms with Crippen molar-refractivity contribution in [1.29, 1.82) is 0 Å². The number of nitrogens with zero attached hydrogens (tertiary/aromatic N) is 2. The van der Waals surface area contributed by atoms with Gasteiger partial charge in [0.25, 0.3) is 6.20 Å². The zero-order valence-electron chi connectivity index (χ0n) is 17.2. The standard InChI is InChI=1S/C23H24FN5O3/c24-19-4-1-5-21(13-19)28-23(16-29(31)32)27-20-8-6-17(7-9-20)10-12-26-15-22(30)18-3-2-11-25-14-18/h1-9,11,13-14,16,22,26-28,30H,10,12,15H2/b23-16-/t22-/m0/s1. The molecule has 0 spiro atoms. The van der Waals surface area contributed by atoms with E-state index in [-0.39, 0.29) is 5.82 Å². The van der Waals surface area contributed by atoms with Gasteiger partial charge in [-0.05, 0) is 54.9 Å². The maximum atomic E-state index is 13.4. The van der Waals surface area contributed by atoms with Crippen molar-refractivity contribution in [3.63, 3.8) is 0 Å². The maximum Gasteiger partial charge on any atom is 0.274 e. The van der Waals surface area contributed by atoms with Crippen LogP contribution < -0.4 is 16.0 Å². The first kappa shape index (κ1) is 22.9. The Labute approximate surface area is 185 Å². The SMILES string of the molecule is O=[N+]([O-])/C=C(/Nc1ccc(CCNC[C@H](O)c2cccnc2)cc1)Nc1cccc(F)c1. The van der Waals surface area contributed by atoms with Crippen LogP contribution in [0.1, 0.15) is 17.2 Å². The zero-order valence-corrected chi connectivity index (χ0v) is 17.2. The minimum atomic E-state index is -0.618. The monoisotopic (exact) mass is 437 g/mol. The van der Waals surface area contributed by atoms with Gasteiger partial charge in [0.2, 0.25) is 0 Å². The molecule has 3 rings (SSSR count). The highest BCUT2D eigenvalue weighted by Crippen LogP contribution is 2.16. The van der Waals surface area contributed by atoms with Crippen molar-refractivity contribution in [1.82, 2.24) is 10.3 Å². The first-order valence-electron chi connectivity index (χ1n) is 10.0. The average molecular weight is 437 g/mol. The van der Waals surface area contributed by atoms with Crippen LogP contribution in [0.5, 0.6) is 0 Å². The van der Waals surface area contributed by atoms with Crippen LogP contribution in [-0.4, -0.2) is 28.1 Å². The first-order valence-corrected chi connectivity index (χ1v) is 10.0. The van der Waals surface area contributed by atoms with E-state index >= 15 is 0 Å². The molecule has 0 fully saturated rings. The number of hydrogen-bond donors (Lipinski definition) is 4. The third-order valence-electron chi connectivity index (χ3n) is 4.57. The molecule has 0 amide bonds. The number of hydrogen-bond acceptors (Lipinski definition) is 7. The van der Waals surface area contributed by atoms with Crippen molar-refractivity contribution in [3.05, 3.63) is 112 Å². The number of rotatable bonds is 11. The molecule has 0 saturated carbocycles. The Morgan fingerprint density at radius 2 is 1.91 bits per heavy atom. The van der Waals surface area contributed by atoms with Gasteiger partial charge in [0.05, 0.1) is 11.0 Å². The number of aromatic nitrogens is 1. The fourth-order valence-corrected chi connectivity index (χ4v) is 3.00. The summed E-state index contributed by atoms with van der Waals surface area (Å²) in [5.74, 6) is -0.333. The average Bonchev–Trinajstić information content (AvgIpc) is 2.78. The van der Waals surface area contributed by atoms with Crippen LogP contribution in [0.4, 0.5) is 15.8 Å². The van der Waals surface area contributed by atoms with E-state index < -0.39 is 16.8 Å². The summed E-state index contributed by atoms with van der Waals surface area (Å²) in [6.07, 6.45) is 4.22. The van der Waals surface area contributed by atoms with Crippen molar-refractivity contribution >= 4 is 11.4 Å². The summed E-state index contributed by atoms with van der Waals surface area (Å²) in [6, 6.07) is 16.7. The van der Waals surface area contributed by atoms with E-state index in [2.05, 4.69) is 20.9 Å². The Morgan fingerprint density at radius 1 is 1.12 bits per heavy atom. The summed E-state index contributed by atoms with van der Waals surface area (Å²) in [5.41, 5.74) is 2.87. The summed E-state index contributed by atoms with van der Waals surface area (Å²) in [6.45, 7) is 1.10. The lowest BCUT2D eigenvalue weighted by Gasteiger charge is -2.13. The number of halogens is 1. The highest BCUT2D eigenvalue weighted by atomic mass is 19.1. The predicted octanol–water partition coefficient (Wildman–Crippen LogP) is 3.69. The Kier molecular flexibility index (Phi) is 8.24. The van der Waals surface area contributed by atoms with Gasteiger partial charge >= 0.3 is 0 Å². The fourth-order valence-electron chi connectivity index (χ4n) is 3.00. The van der Waals surface area contributed by atoms with Gasteiger partial charge in [0.1, 0.15) is 5.82 Å². The van der Waals surface area contributed by atoms with E-state index in [1.165, 1.54) is 18.2 Å². The summed E-state index contributed by atoms with van der Waals surface area (Å²) >= 11 is 0. The van der Waals surface area contributed by atoms with Crippen LogP contribution >= 0.6 is 0 Å². The molecule has 3 aromatic rings.